The molecule has 4 aliphatic carbocycles. The first kappa shape index (κ1) is 39.4. The van der Waals surface area contributed by atoms with E-state index >= 15 is 0 Å². The van der Waals surface area contributed by atoms with E-state index in [4.69, 9.17) is 4.74 Å². The lowest BCUT2D eigenvalue weighted by molar-refractivity contribution is -0.144. The second kappa shape index (κ2) is 18.9. The Morgan fingerprint density at radius 3 is 2.26 bits per heavy atom. The van der Waals surface area contributed by atoms with Crippen LogP contribution in [0, 0.1) is 29.6 Å². The summed E-state index contributed by atoms with van der Waals surface area (Å²) in [7, 11) is 0. The molecule has 9 heteroatoms. The maximum absolute atomic E-state index is 13.3. The molecule has 0 radical (unpaired) electrons. The van der Waals surface area contributed by atoms with Crippen LogP contribution in [0.5, 0.6) is 0 Å². The molecule has 3 heterocycles. The van der Waals surface area contributed by atoms with Crippen LogP contribution in [0.25, 0.3) is 0 Å². The van der Waals surface area contributed by atoms with E-state index in [1.54, 1.807) is 4.90 Å². The molecular weight excluding hydrogens is 665 g/mol. The number of ether oxygens (including phenoxy) is 1. The monoisotopic (exact) mass is 737 g/mol. The largest absolute Gasteiger partial charge is 0.393 e. The summed E-state index contributed by atoms with van der Waals surface area (Å²) in [6.07, 6.45) is 25.3. The van der Waals surface area contributed by atoms with Crippen molar-refractivity contribution < 1.29 is 24.2 Å². The van der Waals surface area contributed by atoms with Gasteiger partial charge in [-0.1, -0.05) is 37.3 Å². The lowest BCUT2D eigenvalue weighted by Gasteiger charge is -2.39. The average Bonchev–Trinajstić information content (AvgIpc) is 3.32. The van der Waals surface area contributed by atoms with Crippen molar-refractivity contribution in [1.29, 1.82) is 0 Å². The minimum absolute atomic E-state index is 0.0456. The molecule has 4 unspecified atom stereocenters. The number of aliphatic hydroxyl groups excluding tert-OH is 1. The fraction of sp³-hybridized carbons (Fsp3) is 0.886. The van der Waals surface area contributed by atoms with Crippen molar-refractivity contribution >= 4 is 17.7 Å². The number of hydrogen-bond donors (Lipinski definition) is 2. The maximum atomic E-state index is 13.3. The van der Waals surface area contributed by atoms with Crippen molar-refractivity contribution in [2.24, 2.45) is 29.6 Å². The van der Waals surface area contributed by atoms with Crippen LogP contribution in [-0.4, -0.2) is 108 Å². The van der Waals surface area contributed by atoms with E-state index in [2.05, 4.69) is 22.0 Å². The zero-order chi connectivity index (χ0) is 36.7. The molecule has 3 aliphatic heterocycles. The van der Waals surface area contributed by atoms with E-state index < -0.39 is 6.04 Å². The number of amides is 3. The van der Waals surface area contributed by atoms with E-state index in [0.717, 1.165) is 83.1 Å². The quantitative estimate of drug-likeness (QED) is 0.132. The normalized spacial score (nSPS) is 36.2. The van der Waals surface area contributed by atoms with Crippen LogP contribution in [0.15, 0.2) is 11.1 Å². The van der Waals surface area contributed by atoms with Gasteiger partial charge in [0, 0.05) is 44.6 Å². The first-order valence-corrected chi connectivity index (χ1v) is 22.5. The van der Waals surface area contributed by atoms with Crippen LogP contribution in [0.4, 0.5) is 0 Å². The lowest BCUT2D eigenvalue weighted by atomic mass is 9.68. The van der Waals surface area contributed by atoms with Crippen LogP contribution in [0.3, 0.4) is 0 Å². The average molecular weight is 737 g/mol. The topological polar surface area (TPSA) is 102 Å². The van der Waals surface area contributed by atoms with Gasteiger partial charge in [0.1, 0.15) is 6.04 Å². The maximum Gasteiger partial charge on any atom is 0.249 e. The van der Waals surface area contributed by atoms with Gasteiger partial charge in [-0.2, -0.15) is 0 Å². The van der Waals surface area contributed by atoms with Crippen LogP contribution in [0.2, 0.25) is 0 Å². The fourth-order valence-corrected chi connectivity index (χ4v) is 12.1. The minimum atomic E-state index is -0.472. The number of aliphatic hydroxyl groups is 1. The van der Waals surface area contributed by atoms with Crippen LogP contribution >= 0.6 is 0 Å². The van der Waals surface area contributed by atoms with Crippen molar-refractivity contribution in [3.05, 3.63) is 11.1 Å². The third kappa shape index (κ3) is 9.78. The van der Waals surface area contributed by atoms with Crippen molar-refractivity contribution in [3.8, 4) is 0 Å². The van der Waals surface area contributed by atoms with Gasteiger partial charge >= 0.3 is 0 Å². The van der Waals surface area contributed by atoms with Gasteiger partial charge in [-0.25, -0.2) is 0 Å². The second-order valence-corrected chi connectivity index (χ2v) is 18.2. The molecule has 298 valence electrons. The van der Waals surface area contributed by atoms with E-state index in [1.165, 1.54) is 96.4 Å². The highest BCUT2D eigenvalue weighted by molar-refractivity contribution is 6.02. The summed E-state index contributed by atoms with van der Waals surface area (Å²) in [5.74, 6) is 2.25. The second-order valence-electron chi connectivity index (χ2n) is 18.2. The molecule has 0 aromatic heterocycles. The number of nitrogens with zero attached hydrogens (tertiary/aromatic N) is 3. The highest BCUT2D eigenvalue weighted by Gasteiger charge is 2.49. The molecule has 7 fully saturated rings. The van der Waals surface area contributed by atoms with Crippen molar-refractivity contribution in [3.63, 3.8) is 0 Å². The Morgan fingerprint density at radius 2 is 1.53 bits per heavy atom. The summed E-state index contributed by atoms with van der Waals surface area (Å²) < 4.78 is 6.54. The standard InChI is InChI=1S/C44H72N4O5/c1-2-38(31-9-4-3-5-10-31)42(32-11-16-36(49)17-12-32)33-13-18-37(19-14-33)53-28-7-6-23-46-24-8-25-47(27-26-46)35-15-20-39-34(29-35)30-48(44(39)52)40-21-22-41(50)45-43(40)51/h31-37,39-40,49H,2-30H2,1H3,(H,45,50,51)/b42-38-. The Balaban J connectivity index is 0.806. The van der Waals surface area contributed by atoms with E-state index in [-0.39, 0.29) is 29.7 Å². The highest BCUT2D eigenvalue weighted by atomic mass is 16.5. The zero-order valence-electron chi connectivity index (χ0n) is 33.1. The molecule has 0 aromatic carbocycles. The Morgan fingerprint density at radius 1 is 0.774 bits per heavy atom. The number of carbonyl (C=O) groups is 3. The Bertz CT molecular complexity index is 1270. The van der Waals surface area contributed by atoms with Gasteiger partial charge in [0.15, 0.2) is 0 Å². The summed E-state index contributed by atoms with van der Waals surface area (Å²) >= 11 is 0. The van der Waals surface area contributed by atoms with Gasteiger partial charge in [-0.3, -0.25) is 24.6 Å². The third-order valence-electron chi connectivity index (χ3n) is 15.0. The number of likely N-dealkylation sites (tertiary alicyclic amines) is 1. The molecule has 9 nitrogen and oxygen atoms in total. The number of hydrogen-bond acceptors (Lipinski definition) is 7. The molecule has 3 amide bonds. The van der Waals surface area contributed by atoms with Crippen LogP contribution in [-0.2, 0) is 19.1 Å². The summed E-state index contributed by atoms with van der Waals surface area (Å²) in [6.45, 7) is 9.65. The van der Waals surface area contributed by atoms with Crippen molar-refractivity contribution in [2.45, 2.75) is 172 Å². The fourth-order valence-electron chi connectivity index (χ4n) is 12.1. The smallest absolute Gasteiger partial charge is 0.249 e. The number of fused-ring (bicyclic) bond motifs is 1. The first-order chi connectivity index (χ1) is 25.9. The number of rotatable bonds is 12. The molecule has 4 atom stereocenters. The Hall–Kier alpha value is -1.81. The number of allylic oxidation sites excluding steroid dienone is 2. The molecule has 7 aliphatic rings. The molecule has 4 saturated carbocycles. The summed E-state index contributed by atoms with van der Waals surface area (Å²) in [5, 5.41) is 12.7. The molecule has 7 rings (SSSR count). The molecular formula is C44H72N4O5. The lowest BCUT2D eigenvalue weighted by Crippen LogP contribution is -2.53. The van der Waals surface area contributed by atoms with Gasteiger partial charge in [-0.05, 0) is 159 Å². The predicted octanol–water partition coefficient (Wildman–Crippen LogP) is 6.62. The molecule has 2 N–H and O–H groups in total. The van der Waals surface area contributed by atoms with Gasteiger partial charge in [-0.15, -0.1) is 0 Å². The number of piperidine rings is 1. The molecule has 0 aromatic rings. The summed E-state index contributed by atoms with van der Waals surface area (Å²) in [5.41, 5.74) is 3.70. The number of unbranched alkanes of at least 4 members (excludes halogenated alkanes) is 1. The zero-order valence-corrected chi connectivity index (χ0v) is 33.1. The van der Waals surface area contributed by atoms with Crippen LogP contribution in [0.1, 0.15) is 148 Å². The SMILES string of the molecule is CC/C(=C(\C1CCC(O)CC1)C1CCC(OCCCCN2CCCN(C3CCC4C(=O)N(C5CCC(=O)NC5=O)CC4C3)CC2)CC1)C1CCCCC1. The van der Waals surface area contributed by atoms with Gasteiger partial charge in [0.05, 0.1) is 12.2 Å². The summed E-state index contributed by atoms with van der Waals surface area (Å²) in [6, 6.07) is 0.0529. The van der Waals surface area contributed by atoms with E-state index in [0.29, 0.717) is 43.4 Å². The molecule has 3 saturated heterocycles. The molecule has 0 spiro atoms. The molecule has 0 bridgehead atoms. The summed E-state index contributed by atoms with van der Waals surface area (Å²) in [4.78, 5) is 44.6. The third-order valence-corrected chi connectivity index (χ3v) is 15.0. The minimum Gasteiger partial charge on any atom is -0.393 e. The van der Waals surface area contributed by atoms with E-state index in [1.807, 2.05) is 11.1 Å². The Kier molecular flexibility index (Phi) is 14.0. The van der Waals surface area contributed by atoms with Gasteiger partial charge in [0.25, 0.3) is 0 Å². The molecule has 53 heavy (non-hydrogen) atoms. The van der Waals surface area contributed by atoms with Gasteiger partial charge < -0.3 is 19.6 Å². The predicted molar refractivity (Wildman–Crippen MR) is 208 cm³/mol. The number of imide groups is 1. The number of nitrogens with one attached hydrogen (secondary N) is 1. The number of carbonyl (C=O) groups excluding carboxylic acids is 3. The highest BCUT2D eigenvalue weighted by Crippen LogP contribution is 2.46. The van der Waals surface area contributed by atoms with Crippen molar-refractivity contribution in [2.75, 3.05) is 45.9 Å². The Labute approximate surface area is 320 Å². The van der Waals surface area contributed by atoms with Crippen LogP contribution < -0.4 is 5.32 Å². The first-order valence-electron chi connectivity index (χ1n) is 22.5. The van der Waals surface area contributed by atoms with Crippen molar-refractivity contribution in [1.82, 2.24) is 20.0 Å². The van der Waals surface area contributed by atoms with E-state index in [9.17, 15) is 19.5 Å². The van der Waals surface area contributed by atoms with Gasteiger partial charge in [0.2, 0.25) is 17.7 Å².